The highest BCUT2D eigenvalue weighted by Gasteiger charge is 2.25. The SMILES string of the molecule is Cc1cccc2nc(C3Cc4nc[nH]c4CN3)oc12. The molecule has 1 unspecified atom stereocenters. The quantitative estimate of drug-likeness (QED) is 0.699. The Bertz CT molecular complexity index is 743. The predicted octanol–water partition coefficient (Wildman–Crippen LogP) is 2.25. The molecular formula is C14H14N4O. The fourth-order valence-corrected chi connectivity index (χ4v) is 2.60. The number of para-hydroxylation sites is 1. The summed E-state index contributed by atoms with van der Waals surface area (Å²) < 4.78 is 5.92. The molecule has 0 saturated carbocycles. The number of benzene rings is 1. The Balaban J connectivity index is 1.74. The summed E-state index contributed by atoms with van der Waals surface area (Å²) >= 11 is 0. The summed E-state index contributed by atoms with van der Waals surface area (Å²) in [5.74, 6) is 0.748. The highest BCUT2D eigenvalue weighted by molar-refractivity contribution is 5.76. The molecule has 0 spiro atoms. The summed E-state index contributed by atoms with van der Waals surface area (Å²) in [6, 6.07) is 6.13. The first kappa shape index (κ1) is 10.8. The van der Waals surface area contributed by atoms with E-state index in [0.29, 0.717) is 0 Å². The number of nitrogens with one attached hydrogen (secondary N) is 2. The van der Waals surface area contributed by atoms with Crippen LogP contribution in [0.4, 0.5) is 0 Å². The van der Waals surface area contributed by atoms with E-state index in [4.69, 9.17) is 4.42 Å². The van der Waals surface area contributed by atoms with Crippen molar-refractivity contribution in [1.29, 1.82) is 0 Å². The van der Waals surface area contributed by atoms with Crippen LogP contribution in [-0.2, 0) is 13.0 Å². The highest BCUT2D eigenvalue weighted by atomic mass is 16.3. The van der Waals surface area contributed by atoms with E-state index in [0.717, 1.165) is 46.9 Å². The van der Waals surface area contributed by atoms with Crippen LogP contribution in [-0.4, -0.2) is 15.0 Å². The van der Waals surface area contributed by atoms with Gasteiger partial charge in [-0.2, -0.15) is 0 Å². The molecule has 0 saturated heterocycles. The van der Waals surface area contributed by atoms with Crippen molar-refractivity contribution in [1.82, 2.24) is 20.3 Å². The van der Waals surface area contributed by atoms with E-state index >= 15 is 0 Å². The lowest BCUT2D eigenvalue weighted by atomic mass is 10.1. The average Bonchev–Trinajstić information content (AvgIpc) is 3.04. The molecule has 1 aromatic carbocycles. The van der Waals surface area contributed by atoms with Gasteiger partial charge in [-0.15, -0.1) is 0 Å². The largest absolute Gasteiger partial charge is 0.439 e. The number of hydrogen-bond donors (Lipinski definition) is 2. The van der Waals surface area contributed by atoms with Gasteiger partial charge in [0.1, 0.15) is 5.52 Å². The molecule has 1 aliphatic rings. The minimum atomic E-state index is 0.0996. The molecule has 1 aliphatic heterocycles. The monoisotopic (exact) mass is 254 g/mol. The average molecular weight is 254 g/mol. The second kappa shape index (κ2) is 3.93. The van der Waals surface area contributed by atoms with Crippen LogP contribution in [0.2, 0.25) is 0 Å². The first-order chi connectivity index (χ1) is 9.31. The number of aromatic nitrogens is 3. The van der Waals surface area contributed by atoms with Gasteiger partial charge in [-0.3, -0.25) is 5.32 Å². The van der Waals surface area contributed by atoms with Crippen molar-refractivity contribution in [2.75, 3.05) is 0 Å². The number of aryl methyl sites for hydroxylation is 1. The van der Waals surface area contributed by atoms with E-state index in [2.05, 4.69) is 20.3 Å². The van der Waals surface area contributed by atoms with Crippen molar-refractivity contribution in [3.8, 4) is 0 Å². The number of nitrogens with zero attached hydrogens (tertiary/aromatic N) is 2. The molecule has 4 rings (SSSR count). The molecule has 3 heterocycles. The number of fused-ring (bicyclic) bond motifs is 2. The van der Waals surface area contributed by atoms with Crippen LogP contribution in [0.5, 0.6) is 0 Å². The Morgan fingerprint density at radius 3 is 3.21 bits per heavy atom. The van der Waals surface area contributed by atoms with Gasteiger partial charge in [0.25, 0.3) is 0 Å². The van der Waals surface area contributed by atoms with Gasteiger partial charge in [0.15, 0.2) is 5.58 Å². The first-order valence-corrected chi connectivity index (χ1v) is 6.42. The molecule has 0 amide bonds. The van der Waals surface area contributed by atoms with Crippen LogP contribution in [0.15, 0.2) is 28.9 Å². The van der Waals surface area contributed by atoms with Crippen LogP contribution in [0.25, 0.3) is 11.1 Å². The molecule has 0 radical (unpaired) electrons. The van der Waals surface area contributed by atoms with Gasteiger partial charge in [-0.05, 0) is 18.6 Å². The molecular weight excluding hydrogens is 240 g/mol. The van der Waals surface area contributed by atoms with Gasteiger partial charge >= 0.3 is 0 Å². The van der Waals surface area contributed by atoms with Crippen molar-refractivity contribution in [2.45, 2.75) is 25.9 Å². The van der Waals surface area contributed by atoms with Gasteiger partial charge in [0.05, 0.1) is 23.8 Å². The van der Waals surface area contributed by atoms with Crippen molar-refractivity contribution < 1.29 is 4.42 Å². The summed E-state index contributed by atoms with van der Waals surface area (Å²) in [6.45, 7) is 2.81. The van der Waals surface area contributed by atoms with Gasteiger partial charge in [-0.25, -0.2) is 9.97 Å². The van der Waals surface area contributed by atoms with E-state index < -0.39 is 0 Å². The number of aromatic amines is 1. The fraction of sp³-hybridized carbons (Fsp3) is 0.286. The Kier molecular flexibility index (Phi) is 2.22. The number of hydrogen-bond acceptors (Lipinski definition) is 4. The third kappa shape index (κ3) is 1.66. The third-order valence-electron chi connectivity index (χ3n) is 3.66. The van der Waals surface area contributed by atoms with Crippen LogP contribution < -0.4 is 5.32 Å². The molecule has 0 aliphatic carbocycles. The smallest absolute Gasteiger partial charge is 0.213 e. The second-order valence-electron chi connectivity index (χ2n) is 4.94. The number of oxazole rings is 1. The number of H-pyrrole nitrogens is 1. The summed E-state index contributed by atoms with van der Waals surface area (Å²) in [6.07, 6.45) is 2.55. The lowest BCUT2D eigenvalue weighted by molar-refractivity contribution is 0.390. The molecule has 0 bridgehead atoms. The summed E-state index contributed by atoms with van der Waals surface area (Å²) in [5, 5.41) is 3.43. The Morgan fingerprint density at radius 2 is 2.32 bits per heavy atom. The third-order valence-corrected chi connectivity index (χ3v) is 3.66. The highest BCUT2D eigenvalue weighted by Crippen LogP contribution is 2.27. The van der Waals surface area contributed by atoms with Gasteiger partial charge < -0.3 is 9.40 Å². The lowest BCUT2D eigenvalue weighted by Crippen LogP contribution is -2.28. The standard InChI is InChI=1S/C14H14N4O/c1-8-3-2-4-9-13(8)19-14(18-9)11-5-10-12(6-15-11)17-7-16-10/h2-4,7,11,15H,5-6H2,1H3,(H,16,17). The second-order valence-corrected chi connectivity index (χ2v) is 4.94. The molecule has 5 heteroatoms. The van der Waals surface area contributed by atoms with E-state index in [1.807, 2.05) is 25.1 Å². The van der Waals surface area contributed by atoms with Crippen LogP contribution in [0, 0.1) is 6.92 Å². The van der Waals surface area contributed by atoms with E-state index in [1.165, 1.54) is 0 Å². The topological polar surface area (TPSA) is 66.7 Å². The summed E-state index contributed by atoms with van der Waals surface area (Å²) in [7, 11) is 0. The molecule has 3 aromatic rings. The normalized spacial score (nSPS) is 18.7. The van der Waals surface area contributed by atoms with E-state index in [1.54, 1.807) is 6.33 Å². The van der Waals surface area contributed by atoms with E-state index in [9.17, 15) is 0 Å². The van der Waals surface area contributed by atoms with Gasteiger partial charge in [0.2, 0.25) is 5.89 Å². The zero-order chi connectivity index (χ0) is 12.8. The Labute approximate surface area is 110 Å². The minimum absolute atomic E-state index is 0.0996. The molecule has 0 fully saturated rings. The lowest BCUT2D eigenvalue weighted by Gasteiger charge is -2.19. The minimum Gasteiger partial charge on any atom is -0.439 e. The Hall–Kier alpha value is -2.14. The number of rotatable bonds is 1. The fourth-order valence-electron chi connectivity index (χ4n) is 2.60. The Morgan fingerprint density at radius 1 is 1.37 bits per heavy atom. The zero-order valence-electron chi connectivity index (χ0n) is 10.6. The van der Waals surface area contributed by atoms with Crippen LogP contribution >= 0.6 is 0 Å². The van der Waals surface area contributed by atoms with Crippen LogP contribution in [0.3, 0.4) is 0 Å². The van der Waals surface area contributed by atoms with Crippen molar-refractivity contribution in [3.63, 3.8) is 0 Å². The predicted molar refractivity (Wildman–Crippen MR) is 70.6 cm³/mol. The first-order valence-electron chi connectivity index (χ1n) is 6.42. The maximum atomic E-state index is 5.92. The van der Waals surface area contributed by atoms with Crippen LogP contribution in [0.1, 0.15) is 28.9 Å². The molecule has 1 atom stereocenters. The zero-order valence-corrected chi connectivity index (χ0v) is 10.6. The molecule has 19 heavy (non-hydrogen) atoms. The molecule has 96 valence electrons. The number of imidazole rings is 1. The molecule has 2 N–H and O–H groups in total. The van der Waals surface area contributed by atoms with Crippen molar-refractivity contribution in [3.05, 3.63) is 47.4 Å². The van der Waals surface area contributed by atoms with Crippen molar-refractivity contribution in [2.24, 2.45) is 0 Å². The van der Waals surface area contributed by atoms with Crippen molar-refractivity contribution >= 4 is 11.1 Å². The maximum Gasteiger partial charge on any atom is 0.213 e. The molecule has 2 aromatic heterocycles. The summed E-state index contributed by atoms with van der Waals surface area (Å²) in [5.41, 5.74) is 5.18. The van der Waals surface area contributed by atoms with Gasteiger partial charge in [0, 0.05) is 13.0 Å². The summed E-state index contributed by atoms with van der Waals surface area (Å²) in [4.78, 5) is 12.1. The van der Waals surface area contributed by atoms with Gasteiger partial charge in [-0.1, -0.05) is 12.1 Å². The maximum absolute atomic E-state index is 5.92. The van der Waals surface area contributed by atoms with E-state index in [-0.39, 0.29) is 6.04 Å². The molecule has 5 nitrogen and oxygen atoms in total.